The number of carbonyl (C=O) groups is 2. The van der Waals surface area contributed by atoms with Crippen LogP contribution in [-0.2, 0) is 19.4 Å². The number of aromatic amines is 1. The number of anilines is 1. The zero-order valence-electron chi connectivity index (χ0n) is 16.8. The molecule has 2 N–H and O–H groups in total. The molecule has 9 nitrogen and oxygen atoms in total. The second kappa shape index (κ2) is 10.5. The van der Waals surface area contributed by atoms with E-state index in [1.165, 1.54) is 37.4 Å². The van der Waals surface area contributed by atoms with Gasteiger partial charge in [0.05, 0.1) is 35.2 Å². The number of benzene rings is 2. The quantitative estimate of drug-likeness (QED) is 0.249. The average Bonchev–Trinajstić information content (AvgIpc) is 2.77. The summed E-state index contributed by atoms with van der Waals surface area (Å²) in [6, 6.07) is 10.1. The van der Waals surface area contributed by atoms with Crippen LogP contribution in [0, 0.1) is 0 Å². The fourth-order valence-electron chi connectivity index (χ4n) is 2.60. The van der Waals surface area contributed by atoms with Gasteiger partial charge in [-0.05, 0) is 42.5 Å². The molecule has 0 aliphatic heterocycles. The van der Waals surface area contributed by atoms with Gasteiger partial charge in [0.2, 0.25) is 15.7 Å². The first-order valence-electron chi connectivity index (χ1n) is 9.02. The van der Waals surface area contributed by atoms with Crippen LogP contribution in [0.5, 0.6) is 0 Å². The first kappa shape index (κ1) is 25.0. The molecule has 1 aromatic heterocycles. The summed E-state index contributed by atoms with van der Waals surface area (Å²) in [6.07, 6.45) is 0.947. The van der Waals surface area contributed by atoms with Crippen molar-refractivity contribution < 1.29 is 22.7 Å². The predicted molar refractivity (Wildman–Crippen MR) is 127 cm³/mol. The SMILES string of the molecule is COC(=O)c1ccc(Cl)cc1NC(=O)CSc1ncc(S(=O)(=O)c2ccc(Br)cc2)c(=O)[nH]1. The number of halogens is 2. The molecule has 0 aliphatic rings. The Morgan fingerprint density at radius 1 is 1.21 bits per heavy atom. The Kier molecular flexibility index (Phi) is 7.95. The molecule has 172 valence electrons. The van der Waals surface area contributed by atoms with E-state index < -0.39 is 32.2 Å². The van der Waals surface area contributed by atoms with Crippen LogP contribution >= 0.6 is 39.3 Å². The maximum atomic E-state index is 12.7. The number of methoxy groups -OCH3 is 1. The van der Waals surface area contributed by atoms with E-state index in [0.29, 0.717) is 9.50 Å². The summed E-state index contributed by atoms with van der Waals surface area (Å²) in [5.41, 5.74) is -0.578. The number of nitrogens with one attached hydrogen (secondary N) is 2. The lowest BCUT2D eigenvalue weighted by molar-refractivity contribution is -0.113. The monoisotopic (exact) mass is 571 g/mol. The van der Waals surface area contributed by atoms with Gasteiger partial charge in [-0.25, -0.2) is 18.2 Å². The number of carbonyl (C=O) groups excluding carboxylic acids is 2. The molecule has 0 atom stereocenters. The number of amides is 1. The van der Waals surface area contributed by atoms with E-state index in [1.54, 1.807) is 12.1 Å². The molecule has 3 aromatic rings. The van der Waals surface area contributed by atoms with E-state index in [2.05, 4.69) is 36.0 Å². The van der Waals surface area contributed by atoms with Crippen LogP contribution in [0.2, 0.25) is 5.02 Å². The highest BCUT2D eigenvalue weighted by atomic mass is 79.9. The lowest BCUT2D eigenvalue weighted by Gasteiger charge is -2.10. The Morgan fingerprint density at radius 3 is 2.55 bits per heavy atom. The summed E-state index contributed by atoms with van der Waals surface area (Å²) in [5, 5.41) is 2.90. The van der Waals surface area contributed by atoms with E-state index in [9.17, 15) is 22.8 Å². The molecule has 0 unspecified atom stereocenters. The zero-order valence-corrected chi connectivity index (χ0v) is 20.8. The minimum Gasteiger partial charge on any atom is -0.465 e. The number of esters is 1. The third-order valence-corrected chi connectivity index (χ3v) is 7.57. The van der Waals surface area contributed by atoms with Crippen molar-refractivity contribution >= 4 is 66.7 Å². The van der Waals surface area contributed by atoms with Gasteiger partial charge in [-0.1, -0.05) is 39.3 Å². The van der Waals surface area contributed by atoms with Gasteiger partial charge in [0.25, 0.3) is 5.56 Å². The van der Waals surface area contributed by atoms with Crippen molar-refractivity contribution in [1.82, 2.24) is 9.97 Å². The van der Waals surface area contributed by atoms with Crippen LogP contribution in [-0.4, -0.2) is 43.1 Å². The van der Waals surface area contributed by atoms with Gasteiger partial charge in [-0.3, -0.25) is 9.59 Å². The van der Waals surface area contributed by atoms with Crippen molar-refractivity contribution in [3.05, 3.63) is 74.1 Å². The molecule has 0 radical (unpaired) electrons. The van der Waals surface area contributed by atoms with E-state index in [4.69, 9.17) is 11.6 Å². The van der Waals surface area contributed by atoms with Crippen molar-refractivity contribution in [1.29, 1.82) is 0 Å². The summed E-state index contributed by atoms with van der Waals surface area (Å²) in [4.78, 5) is 42.3. The Morgan fingerprint density at radius 2 is 1.91 bits per heavy atom. The van der Waals surface area contributed by atoms with Crippen LogP contribution in [0.1, 0.15) is 10.4 Å². The summed E-state index contributed by atoms with van der Waals surface area (Å²) in [7, 11) is -2.86. The van der Waals surface area contributed by atoms with Gasteiger partial charge in [-0.15, -0.1) is 0 Å². The Labute approximate surface area is 206 Å². The van der Waals surface area contributed by atoms with E-state index >= 15 is 0 Å². The van der Waals surface area contributed by atoms with E-state index in [-0.39, 0.29) is 27.1 Å². The normalized spacial score (nSPS) is 11.1. The lowest BCUT2D eigenvalue weighted by Crippen LogP contribution is -2.20. The van der Waals surface area contributed by atoms with Crippen molar-refractivity contribution in [3.63, 3.8) is 0 Å². The number of sulfone groups is 1. The number of hydrogen-bond acceptors (Lipinski definition) is 8. The molecule has 2 aromatic carbocycles. The van der Waals surface area contributed by atoms with Crippen LogP contribution < -0.4 is 10.9 Å². The van der Waals surface area contributed by atoms with Crippen LogP contribution in [0.25, 0.3) is 0 Å². The highest BCUT2D eigenvalue weighted by Gasteiger charge is 2.22. The maximum Gasteiger partial charge on any atom is 0.339 e. The van der Waals surface area contributed by atoms with Crippen LogP contribution in [0.3, 0.4) is 0 Å². The van der Waals surface area contributed by atoms with Crippen molar-refractivity contribution in [2.24, 2.45) is 0 Å². The molecule has 0 saturated heterocycles. The summed E-state index contributed by atoms with van der Waals surface area (Å²) >= 11 is 10.0. The second-order valence-electron chi connectivity index (χ2n) is 6.36. The fourth-order valence-corrected chi connectivity index (χ4v) is 4.90. The fraction of sp³-hybridized carbons (Fsp3) is 0.100. The van der Waals surface area contributed by atoms with E-state index in [0.717, 1.165) is 18.0 Å². The molecule has 0 spiro atoms. The van der Waals surface area contributed by atoms with Gasteiger partial charge in [-0.2, -0.15) is 0 Å². The molecule has 0 aliphatic carbocycles. The second-order valence-corrected chi connectivity index (χ2v) is 10.6. The molecule has 1 heterocycles. The van der Waals surface area contributed by atoms with Gasteiger partial charge < -0.3 is 15.0 Å². The average molecular weight is 573 g/mol. The number of aromatic nitrogens is 2. The third-order valence-electron chi connectivity index (χ3n) is 4.16. The van der Waals surface area contributed by atoms with Gasteiger partial charge in [0.1, 0.15) is 0 Å². The number of H-pyrrole nitrogens is 1. The smallest absolute Gasteiger partial charge is 0.339 e. The Bertz CT molecular complexity index is 1380. The van der Waals surface area contributed by atoms with Crippen molar-refractivity contribution in [2.75, 3.05) is 18.2 Å². The molecular weight excluding hydrogens is 558 g/mol. The van der Waals surface area contributed by atoms with Gasteiger partial charge in [0, 0.05) is 9.50 Å². The summed E-state index contributed by atoms with van der Waals surface area (Å²) in [6.45, 7) is 0. The molecule has 33 heavy (non-hydrogen) atoms. The van der Waals surface area contributed by atoms with Gasteiger partial charge >= 0.3 is 5.97 Å². The minimum absolute atomic E-state index is 0.0455. The number of ether oxygens (including phenoxy) is 1. The molecule has 0 bridgehead atoms. The molecule has 1 amide bonds. The first-order valence-corrected chi connectivity index (χ1v) is 12.7. The molecule has 0 fully saturated rings. The number of hydrogen-bond donors (Lipinski definition) is 2. The zero-order chi connectivity index (χ0) is 24.2. The predicted octanol–water partition coefficient (Wildman–Crippen LogP) is 3.54. The Balaban J connectivity index is 1.72. The summed E-state index contributed by atoms with van der Waals surface area (Å²) in [5.74, 6) is -1.35. The van der Waals surface area contributed by atoms with Crippen LogP contribution in [0.15, 0.2) is 72.9 Å². The molecular formula is C20H15BrClN3O6S2. The highest BCUT2D eigenvalue weighted by Crippen LogP contribution is 2.23. The third kappa shape index (κ3) is 6.02. The topological polar surface area (TPSA) is 135 Å². The minimum atomic E-state index is -4.07. The summed E-state index contributed by atoms with van der Waals surface area (Å²) < 4.78 is 30.7. The first-order chi connectivity index (χ1) is 15.6. The van der Waals surface area contributed by atoms with Gasteiger partial charge in [0.15, 0.2) is 10.1 Å². The lowest BCUT2D eigenvalue weighted by atomic mass is 10.2. The Hall–Kier alpha value is -2.67. The van der Waals surface area contributed by atoms with Crippen molar-refractivity contribution in [2.45, 2.75) is 14.9 Å². The molecule has 13 heteroatoms. The molecule has 3 rings (SSSR count). The number of nitrogens with zero attached hydrogens (tertiary/aromatic N) is 1. The number of rotatable bonds is 7. The largest absolute Gasteiger partial charge is 0.465 e. The molecule has 0 saturated carbocycles. The van der Waals surface area contributed by atoms with Crippen molar-refractivity contribution in [3.8, 4) is 0 Å². The maximum absolute atomic E-state index is 12.7. The van der Waals surface area contributed by atoms with E-state index in [1.807, 2.05) is 0 Å². The highest BCUT2D eigenvalue weighted by molar-refractivity contribution is 9.10. The number of thioether (sulfide) groups is 1. The van der Waals surface area contributed by atoms with Crippen LogP contribution in [0.4, 0.5) is 5.69 Å². The standard InChI is InChI=1S/C20H15BrClN3O6S2/c1-31-19(28)14-7-4-12(22)8-15(14)24-17(26)10-32-20-23-9-16(18(27)25-20)33(29,30)13-5-2-11(21)3-6-13/h2-9H,10H2,1H3,(H,24,26)(H,23,25,27).